The van der Waals surface area contributed by atoms with Crippen LogP contribution < -0.4 is 0 Å². The van der Waals surface area contributed by atoms with Crippen molar-refractivity contribution in [2.45, 2.75) is 123 Å². The van der Waals surface area contributed by atoms with E-state index >= 15 is 0 Å². The van der Waals surface area contributed by atoms with Crippen LogP contribution in [0.1, 0.15) is 117 Å². The van der Waals surface area contributed by atoms with E-state index in [1.54, 1.807) is 0 Å². The summed E-state index contributed by atoms with van der Waals surface area (Å²) in [6.45, 7) is 5.51. The first kappa shape index (κ1) is 21.7. The molecular weight excluding hydrogens is 318 g/mol. The highest BCUT2D eigenvalue weighted by Crippen LogP contribution is 2.42. The Morgan fingerprint density at radius 1 is 0.846 bits per heavy atom. The maximum Gasteiger partial charge on any atom is 0.0689 e. The van der Waals surface area contributed by atoms with E-state index < -0.39 is 0 Å². The Morgan fingerprint density at radius 2 is 1.54 bits per heavy atom. The van der Waals surface area contributed by atoms with E-state index in [4.69, 9.17) is 4.74 Å². The zero-order valence-electron chi connectivity index (χ0n) is 17.6. The predicted octanol–water partition coefficient (Wildman–Crippen LogP) is 7.42. The van der Waals surface area contributed by atoms with Gasteiger partial charge in [0.1, 0.15) is 0 Å². The molecule has 0 bridgehead atoms. The second-order valence-corrected chi connectivity index (χ2v) is 9.26. The summed E-state index contributed by atoms with van der Waals surface area (Å²) in [5.41, 5.74) is -0.0130. The highest BCUT2D eigenvalue weighted by molar-refractivity contribution is 5.01. The molecule has 2 aliphatic rings. The lowest BCUT2D eigenvalue weighted by atomic mass is 9.69. The maximum atomic E-state index is 9.75. The minimum atomic E-state index is -0.0130. The fraction of sp³-hybridized carbons (Fsp3) is 0.958. The largest absolute Gasteiger partial charge is 0.378 e. The molecule has 26 heavy (non-hydrogen) atoms. The molecule has 2 fully saturated rings. The summed E-state index contributed by atoms with van der Waals surface area (Å²) in [5.74, 6) is 1.66. The van der Waals surface area contributed by atoms with Crippen LogP contribution in [0.15, 0.2) is 0 Å². The Labute approximate surface area is 163 Å². The number of hydrogen-bond acceptors (Lipinski definition) is 2. The van der Waals surface area contributed by atoms with Crippen molar-refractivity contribution in [3.63, 3.8) is 0 Å². The highest BCUT2D eigenvalue weighted by Gasteiger charge is 2.35. The number of ether oxygens (including phenoxy) is 1. The Balaban J connectivity index is 1.61. The highest BCUT2D eigenvalue weighted by atomic mass is 16.5. The Hall–Kier alpha value is -0.550. The standard InChI is InChI=1S/C24H43NO/c1-3-5-6-7-8-16-24(20-25)17-14-22(15-18-24)19-26-23-12-10-21(9-4-2)11-13-23/h21-23H,3-19H2,1-2H3. The molecule has 0 atom stereocenters. The van der Waals surface area contributed by atoms with E-state index in [0.717, 1.165) is 31.8 Å². The predicted molar refractivity (Wildman–Crippen MR) is 110 cm³/mol. The van der Waals surface area contributed by atoms with Crippen LogP contribution in [-0.4, -0.2) is 12.7 Å². The molecule has 0 unspecified atom stereocenters. The Kier molecular flexibility index (Phi) is 10.1. The molecular formula is C24H43NO. The molecule has 0 saturated heterocycles. The van der Waals surface area contributed by atoms with Crippen LogP contribution in [-0.2, 0) is 4.74 Å². The van der Waals surface area contributed by atoms with Crippen molar-refractivity contribution in [1.82, 2.24) is 0 Å². The first-order valence-electron chi connectivity index (χ1n) is 11.7. The van der Waals surface area contributed by atoms with Crippen molar-refractivity contribution >= 4 is 0 Å². The topological polar surface area (TPSA) is 33.0 Å². The van der Waals surface area contributed by atoms with Gasteiger partial charge in [-0.1, -0.05) is 58.8 Å². The molecule has 0 radical (unpaired) electrons. The second-order valence-electron chi connectivity index (χ2n) is 9.26. The van der Waals surface area contributed by atoms with E-state index in [1.165, 1.54) is 83.5 Å². The van der Waals surface area contributed by atoms with Gasteiger partial charge in [-0.2, -0.15) is 5.26 Å². The average Bonchev–Trinajstić information content (AvgIpc) is 2.68. The molecule has 2 heteroatoms. The van der Waals surface area contributed by atoms with Crippen molar-refractivity contribution in [1.29, 1.82) is 5.26 Å². The van der Waals surface area contributed by atoms with Gasteiger partial charge in [-0.25, -0.2) is 0 Å². The molecule has 0 spiro atoms. The third-order valence-electron chi connectivity index (χ3n) is 7.12. The van der Waals surface area contributed by atoms with Crippen LogP contribution in [0.4, 0.5) is 0 Å². The Morgan fingerprint density at radius 3 is 2.15 bits per heavy atom. The number of nitrogens with zero attached hydrogens (tertiary/aromatic N) is 1. The van der Waals surface area contributed by atoms with Crippen molar-refractivity contribution in [2.75, 3.05) is 6.61 Å². The zero-order chi connectivity index (χ0) is 18.7. The van der Waals surface area contributed by atoms with Crippen LogP contribution in [0, 0.1) is 28.6 Å². The summed E-state index contributed by atoms with van der Waals surface area (Å²) in [7, 11) is 0. The number of hydrogen-bond donors (Lipinski definition) is 0. The minimum Gasteiger partial charge on any atom is -0.378 e. The summed E-state index contributed by atoms with van der Waals surface area (Å²) < 4.78 is 6.29. The summed E-state index contributed by atoms with van der Waals surface area (Å²) >= 11 is 0. The number of unbranched alkanes of at least 4 members (excludes halogenated alkanes) is 4. The molecule has 2 saturated carbocycles. The first-order valence-corrected chi connectivity index (χ1v) is 11.7. The van der Waals surface area contributed by atoms with Gasteiger partial charge in [0.25, 0.3) is 0 Å². The van der Waals surface area contributed by atoms with Crippen LogP contribution in [0.2, 0.25) is 0 Å². The van der Waals surface area contributed by atoms with E-state index in [2.05, 4.69) is 19.9 Å². The molecule has 2 rings (SSSR count). The van der Waals surface area contributed by atoms with Gasteiger partial charge in [0.2, 0.25) is 0 Å². The molecule has 150 valence electrons. The van der Waals surface area contributed by atoms with Crippen LogP contribution in [0.3, 0.4) is 0 Å². The molecule has 2 aliphatic carbocycles. The second kappa shape index (κ2) is 12.0. The molecule has 0 aromatic heterocycles. The lowest BCUT2D eigenvalue weighted by Crippen LogP contribution is -2.30. The van der Waals surface area contributed by atoms with Crippen molar-refractivity contribution in [3.8, 4) is 6.07 Å². The molecule has 0 heterocycles. The van der Waals surface area contributed by atoms with Crippen LogP contribution >= 0.6 is 0 Å². The fourth-order valence-electron chi connectivity index (χ4n) is 5.15. The van der Waals surface area contributed by atoms with Gasteiger partial charge in [-0.05, 0) is 69.6 Å². The third kappa shape index (κ3) is 7.22. The number of rotatable bonds is 11. The summed E-state index contributed by atoms with van der Waals surface area (Å²) in [4.78, 5) is 0. The third-order valence-corrected chi connectivity index (χ3v) is 7.12. The van der Waals surface area contributed by atoms with Gasteiger partial charge in [0.05, 0.1) is 17.6 Å². The van der Waals surface area contributed by atoms with Gasteiger partial charge >= 0.3 is 0 Å². The summed E-state index contributed by atoms with van der Waals surface area (Å²) in [5, 5.41) is 9.75. The van der Waals surface area contributed by atoms with Crippen LogP contribution in [0.5, 0.6) is 0 Å². The van der Waals surface area contributed by atoms with Gasteiger partial charge in [0, 0.05) is 6.61 Å². The molecule has 0 N–H and O–H groups in total. The molecule has 2 nitrogen and oxygen atoms in total. The van der Waals surface area contributed by atoms with E-state index in [1.807, 2.05) is 0 Å². The lowest BCUT2D eigenvalue weighted by Gasteiger charge is -2.36. The fourth-order valence-corrected chi connectivity index (χ4v) is 5.15. The minimum absolute atomic E-state index is 0.0130. The van der Waals surface area contributed by atoms with Gasteiger partial charge in [-0.15, -0.1) is 0 Å². The van der Waals surface area contributed by atoms with E-state index in [9.17, 15) is 5.26 Å². The van der Waals surface area contributed by atoms with Crippen LogP contribution in [0.25, 0.3) is 0 Å². The smallest absolute Gasteiger partial charge is 0.0689 e. The first-order chi connectivity index (χ1) is 12.7. The molecule has 0 amide bonds. The Bertz CT molecular complexity index is 397. The van der Waals surface area contributed by atoms with Gasteiger partial charge < -0.3 is 4.74 Å². The van der Waals surface area contributed by atoms with Crippen molar-refractivity contribution in [3.05, 3.63) is 0 Å². The monoisotopic (exact) mass is 361 g/mol. The summed E-state index contributed by atoms with van der Waals surface area (Å²) in [6.07, 6.45) is 20.8. The quantitative estimate of drug-likeness (QED) is 0.359. The van der Waals surface area contributed by atoms with E-state index in [-0.39, 0.29) is 5.41 Å². The zero-order valence-corrected chi connectivity index (χ0v) is 17.6. The number of nitriles is 1. The van der Waals surface area contributed by atoms with Crippen molar-refractivity contribution < 1.29 is 4.74 Å². The van der Waals surface area contributed by atoms with Gasteiger partial charge in [0.15, 0.2) is 0 Å². The normalized spacial score (nSPS) is 32.3. The average molecular weight is 362 g/mol. The molecule has 0 aromatic rings. The van der Waals surface area contributed by atoms with E-state index in [0.29, 0.717) is 12.0 Å². The van der Waals surface area contributed by atoms with Gasteiger partial charge in [-0.3, -0.25) is 0 Å². The molecule has 0 aliphatic heterocycles. The lowest BCUT2D eigenvalue weighted by molar-refractivity contribution is -0.0134. The molecule has 0 aromatic carbocycles. The maximum absolute atomic E-state index is 9.75. The SMILES string of the molecule is CCCCCCCC1(C#N)CCC(COC2CCC(CCC)CC2)CC1. The summed E-state index contributed by atoms with van der Waals surface area (Å²) in [6, 6.07) is 2.71. The van der Waals surface area contributed by atoms with Crippen molar-refractivity contribution in [2.24, 2.45) is 17.3 Å².